The SMILES string of the molecule is NC(=O)C1CCC(C(=O)N2CCC[C@H]3CCC[C@H]32)CC1. The van der Waals surface area contributed by atoms with Gasteiger partial charge in [-0.25, -0.2) is 0 Å². The van der Waals surface area contributed by atoms with E-state index in [2.05, 4.69) is 4.90 Å². The highest BCUT2D eigenvalue weighted by molar-refractivity contribution is 5.81. The summed E-state index contributed by atoms with van der Waals surface area (Å²) < 4.78 is 0. The van der Waals surface area contributed by atoms with Crippen molar-refractivity contribution in [3.05, 3.63) is 0 Å². The van der Waals surface area contributed by atoms with Crippen LogP contribution in [0, 0.1) is 17.8 Å². The Hall–Kier alpha value is -1.06. The van der Waals surface area contributed by atoms with Crippen LogP contribution in [0.15, 0.2) is 0 Å². The molecule has 112 valence electrons. The summed E-state index contributed by atoms with van der Waals surface area (Å²) in [6.45, 7) is 0.954. The predicted molar refractivity (Wildman–Crippen MR) is 76.7 cm³/mol. The zero-order chi connectivity index (χ0) is 14.1. The smallest absolute Gasteiger partial charge is 0.225 e. The van der Waals surface area contributed by atoms with Gasteiger partial charge in [0, 0.05) is 24.4 Å². The zero-order valence-electron chi connectivity index (χ0n) is 12.2. The Morgan fingerprint density at radius 2 is 1.50 bits per heavy atom. The predicted octanol–water partition coefficient (Wildman–Crippen LogP) is 2.07. The molecule has 2 aliphatic carbocycles. The summed E-state index contributed by atoms with van der Waals surface area (Å²) in [7, 11) is 0. The lowest BCUT2D eigenvalue weighted by atomic mass is 9.80. The van der Waals surface area contributed by atoms with Gasteiger partial charge in [-0.05, 0) is 57.3 Å². The Bertz CT molecular complexity index is 388. The molecule has 2 saturated carbocycles. The minimum Gasteiger partial charge on any atom is -0.369 e. The number of amides is 2. The van der Waals surface area contributed by atoms with Gasteiger partial charge in [-0.2, -0.15) is 0 Å². The minimum absolute atomic E-state index is 0.000338. The van der Waals surface area contributed by atoms with Crippen molar-refractivity contribution < 1.29 is 9.59 Å². The molecule has 3 fully saturated rings. The summed E-state index contributed by atoms with van der Waals surface area (Å²) in [6.07, 6.45) is 9.57. The van der Waals surface area contributed by atoms with Crippen molar-refractivity contribution in [2.75, 3.05) is 6.54 Å². The number of rotatable bonds is 2. The molecule has 4 nitrogen and oxygen atoms in total. The molecular weight excluding hydrogens is 252 g/mol. The van der Waals surface area contributed by atoms with Gasteiger partial charge in [-0.15, -0.1) is 0 Å². The van der Waals surface area contributed by atoms with E-state index in [4.69, 9.17) is 5.73 Å². The van der Waals surface area contributed by atoms with Crippen LogP contribution in [0.4, 0.5) is 0 Å². The van der Waals surface area contributed by atoms with Gasteiger partial charge in [0.1, 0.15) is 0 Å². The van der Waals surface area contributed by atoms with Crippen LogP contribution < -0.4 is 5.73 Å². The normalized spacial score (nSPS) is 37.5. The van der Waals surface area contributed by atoms with E-state index in [0.29, 0.717) is 11.9 Å². The van der Waals surface area contributed by atoms with Crippen molar-refractivity contribution in [1.82, 2.24) is 4.90 Å². The van der Waals surface area contributed by atoms with E-state index in [1.54, 1.807) is 0 Å². The highest BCUT2D eigenvalue weighted by Crippen LogP contribution is 2.39. The van der Waals surface area contributed by atoms with Gasteiger partial charge in [0.15, 0.2) is 0 Å². The fourth-order valence-electron chi connectivity index (χ4n) is 4.59. The molecule has 0 aromatic rings. The van der Waals surface area contributed by atoms with Crippen molar-refractivity contribution in [2.24, 2.45) is 23.5 Å². The van der Waals surface area contributed by atoms with Crippen molar-refractivity contribution in [3.8, 4) is 0 Å². The molecule has 0 aromatic heterocycles. The third-order valence-corrected chi connectivity index (χ3v) is 5.76. The number of hydrogen-bond acceptors (Lipinski definition) is 2. The molecule has 2 N–H and O–H groups in total. The largest absolute Gasteiger partial charge is 0.369 e. The molecule has 0 aromatic carbocycles. The van der Waals surface area contributed by atoms with E-state index in [-0.39, 0.29) is 17.7 Å². The summed E-state index contributed by atoms with van der Waals surface area (Å²) in [5, 5.41) is 0. The van der Waals surface area contributed by atoms with Gasteiger partial charge in [-0.1, -0.05) is 6.42 Å². The Kier molecular flexibility index (Phi) is 3.99. The summed E-state index contributed by atoms with van der Waals surface area (Å²) >= 11 is 0. The van der Waals surface area contributed by atoms with E-state index in [1.165, 1.54) is 32.1 Å². The van der Waals surface area contributed by atoms with Gasteiger partial charge >= 0.3 is 0 Å². The maximum atomic E-state index is 12.8. The number of nitrogens with zero attached hydrogens (tertiary/aromatic N) is 1. The Labute approximate surface area is 121 Å². The lowest BCUT2D eigenvalue weighted by molar-refractivity contribution is -0.142. The van der Waals surface area contributed by atoms with Crippen LogP contribution >= 0.6 is 0 Å². The van der Waals surface area contributed by atoms with Crippen molar-refractivity contribution in [1.29, 1.82) is 0 Å². The van der Waals surface area contributed by atoms with E-state index >= 15 is 0 Å². The third kappa shape index (κ3) is 2.57. The van der Waals surface area contributed by atoms with Crippen molar-refractivity contribution in [2.45, 2.75) is 63.8 Å². The highest BCUT2D eigenvalue weighted by atomic mass is 16.2. The van der Waals surface area contributed by atoms with Gasteiger partial charge in [0.05, 0.1) is 0 Å². The van der Waals surface area contributed by atoms with Crippen LogP contribution in [0.1, 0.15) is 57.8 Å². The summed E-state index contributed by atoms with van der Waals surface area (Å²) in [6, 6.07) is 0.519. The number of fused-ring (bicyclic) bond motifs is 1. The Balaban J connectivity index is 1.60. The molecule has 0 radical (unpaired) electrons. The summed E-state index contributed by atoms with van der Waals surface area (Å²) in [5.74, 6) is 1.08. The molecule has 0 bridgehead atoms. The summed E-state index contributed by atoms with van der Waals surface area (Å²) in [5.41, 5.74) is 5.37. The maximum absolute atomic E-state index is 12.8. The first-order valence-electron chi connectivity index (χ1n) is 8.26. The first kappa shape index (κ1) is 13.9. The molecular formula is C16H26N2O2. The topological polar surface area (TPSA) is 63.4 Å². The van der Waals surface area contributed by atoms with E-state index in [0.717, 1.165) is 38.1 Å². The Morgan fingerprint density at radius 1 is 0.850 bits per heavy atom. The van der Waals surface area contributed by atoms with Crippen molar-refractivity contribution >= 4 is 11.8 Å². The van der Waals surface area contributed by atoms with Gasteiger partial charge < -0.3 is 10.6 Å². The minimum atomic E-state index is -0.190. The molecule has 1 heterocycles. The molecule has 1 aliphatic heterocycles. The number of carbonyl (C=O) groups is 2. The fraction of sp³-hybridized carbons (Fsp3) is 0.875. The van der Waals surface area contributed by atoms with Gasteiger partial charge in [-0.3, -0.25) is 9.59 Å². The van der Waals surface area contributed by atoms with E-state index in [9.17, 15) is 9.59 Å². The van der Waals surface area contributed by atoms with Crippen LogP contribution in [0.2, 0.25) is 0 Å². The maximum Gasteiger partial charge on any atom is 0.225 e. The molecule has 1 saturated heterocycles. The molecule has 2 amide bonds. The second-order valence-corrected chi connectivity index (χ2v) is 6.88. The first-order valence-corrected chi connectivity index (χ1v) is 8.26. The number of hydrogen-bond donors (Lipinski definition) is 1. The quantitative estimate of drug-likeness (QED) is 0.840. The third-order valence-electron chi connectivity index (χ3n) is 5.76. The molecule has 0 spiro atoms. The van der Waals surface area contributed by atoms with E-state index in [1.807, 2.05) is 0 Å². The molecule has 0 unspecified atom stereocenters. The lowest BCUT2D eigenvalue weighted by Crippen LogP contribution is -2.49. The fourth-order valence-corrected chi connectivity index (χ4v) is 4.59. The average molecular weight is 278 g/mol. The summed E-state index contributed by atoms with van der Waals surface area (Å²) in [4.78, 5) is 26.2. The second kappa shape index (κ2) is 5.74. The van der Waals surface area contributed by atoms with Gasteiger partial charge in [0.2, 0.25) is 11.8 Å². The van der Waals surface area contributed by atoms with Crippen LogP contribution in [0.25, 0.3) is 0 Å². The number of piperidine rings is 1. The monoisotopic (exact) mass is 278 g/mol. The number of likely N-dealkylation sites (tertiary alicyclic amines) is 1. The molecule has 4 heteroatoms. The Morgan fingerprint density at radius 3 is 2.20 bits per heavy atom. The standard InChI is InChI=1S/C16H26N2O2/c17-15(19)12-6-8-13(9-7-12)16(20)18-10-2-4-11-3-1-5-14(11)18/h11-14H,1-10H2,(H2,17,19)/t11-,12?,13?,14-/m1/s1. The zero-order valence-corrected chi connectivity index (χ0v) is 12.2. The van der Waals surface area contributed by atoms with Crippen molar-refractivity contribution in [3.63, 3.8) is 0 Å². The van der Waals surface area contributed by atoms with Crippen LogP contribution in [-0.4, -0.2) is 29.3 Å². The number of nitrogens with two attached hydrogens (primary N) is 1. The molecule has 2 atom stereocenters. The molecule has 3 aliphatic rings. The molecule has 3 rings (SSSR count). The number of carbonyl (C=O) groups excluding carboxylic acids is 2. The molecule has 20 heavy (non-hydrogen) atoms. The van der Waals surface area contributed by atoms with Crippen LogP contribution in [0.5, 0.6) is 0 Å². The van der Waals surface area contributed by atoms with E-state index < -0.39 is 0 Å². The number of primary amides is 1. The first-order chi connectivity index (χ1) is 9.66. The highest BCUT2D eigenvalue weighted by Gasteiger charge is 2.40. The van der Waals surface area contributed by atoms with Crippen LogP contribution in [-0.2, 0) is 9.59 Å². The van der Waals surface area contributed by atoms with Gasteiger partial charge in [0.25, 0.3) is 0 Å². The lowest BCUT2D eigenvalue weighted by Gasteiger charge is -2.40. The second-order valence-electron chi connectivity index (χ2n) is 6.88. The average Bonchev–Trinajstić information content (AvgIpc) is 2.95. The van der Waals surface area contributed by atoms with Crippen LogP contribution in [0.3, 0.4) is 0 Å².